The number of nitrogens with zero attached hydrogens (tertiary/aromatic N) is 1. The van der Waals surface area contributed by atoms with E-state index in [0.717, 1.165) is 6.42 Å². The molecule has 1 aliphatic heterocycles. The van der Waals surface area contributed by atoms with Crippen LogP contribution in [0.15, 0.2) is 42.5 Å². The van der Waals surface area contributed by atoms with Crippen molar-refractivity contribution < 1.29 is 9.53 Å². The van der Waals surface area contributed by atoms with Crippen LogP contribution in [-0.4, -0.2) is 24.1 Å². The van der Waals surface area contributed by atoms with Crippen LogP contribution in [0, 0.1) is 6.92 Å². The summed E-state index contributed by atoms with van der Waals surface area (Å²) >= 11 is 0. The van der Waals surface area contributed by atoms with E-state index in [1.165, 1.54) is 34.9 Å². The molecule has 1 aliphatic carbocycles. The molecule has 0 radical (unpaired) electrons. The Morgan fingerprint density at radius 3 is 2.73 bits per heavy atom. The lowest BCUT2D eigenvalue weighted by Gasteiger charge is -2.38. The van der Waals surface area contributed by atoms with Crippen molar-refractivity contribution in [2.24, 2.45) is 0 Å². The Labute approximate surface area is 130 Å². The molecule has 22 heavy (non-hydrogen) atoms. The first-order valence-corrected chi connectivity index (χ1v) is 7.71. The highest BCUT2D eigenvalue weighted by Gasteiger charge is 2.44. The number of ether oxygens (including phenoxy) is 1. The topological polar surface area (TPSA) is 29.5 Å². The molecule has 0 unspecified atom stereocenters. The maximum absolute atomic E-state index is 12.3. The molecule has 1 heterocycles. The quantitative estimate of drug-likeness (QED) is 0.742. The van der Waals surface area contributed by atoms with E-state index in [1.54, 1.807) is 0 Å². The van der Waals surface area contributed by atoms with Gasteiger partial charge in [0.15, 0.2) is 0 Å². The maximum atomic E-state index is 12.3. The molecular weight excluding hydrogens is 274 g/mol. The molecule has 112 valence electrons. The van der Waals surface area contributed by atoms with Crippen molar-refractivity contribution in [2.75, 3.05) is 7.11 Å². The summed E-state index contributed by atoms with van der Waals surface area (Å²) in [7, 11) is 1.46. The summed E-state index contributed by atoms with van der Waals surface area (Å²) in [5, 5.41) is 0. The van der Waals surface area contributed by atoms with Crippen molar-refractivity contribution in [1.29, 1.82) is 0 Å². The zero-order chi connectivity index (χ0) is 15.3. The number of fused-ring (bicyclic) bond motifs is 5. The van der Waals surface area contributed by atoms with Crippen LogP contribution in [0.3, 0.4) is 0 Å². The first kappa shape index (κ1) is 13.4. The highest BCUT2D eigenvalue weighted by Crippen LogP contribution is 2.46. The van der Waals surface area contributed by atoms with Crippen LogP contribution in [0.5, 0.6) is 0 Å². The molecule has 0 spiro atoms. The summed E-state index contributed by atoms with van der Waals surface area (Å²) in [4.78, 5) is 14.2. The van der Waals surface area contributed by atoms with Gasteiger partial charge >= 0.3 is 6.09 Å². The lowest BCUT2D eigenvalue weighted by Crippen LogP contribution is -2.45. The van der Waals surface area contributed by atoms with E-state index >= 15 is 0 Å². The minimum atomic E-state index is -0.227. The summed E-state index contributed by atoms with van der Waals surface area (Å²) in [6, 6.07) is 15.1. The van der Waals surface area contributed by atoms with Gasteiger partial charge in [-0.05, 0) is 41.2 Å². The van der Waals surface area contributed by atoms with Gasteiger partial charge < -0.3 is 4.74 Å². The van der Waals surface area contributed by atoms with Crippen LogP contribution in [0.4, 0.5) is 4.79 Å². The van der Waals surface area contributed by atoms with E-state index < -0.39 is 0 Å². The van der Waals surface area contributed by atoms with Gasteiger partial charge in [-0.1, -0.05) is 42.5 Å². The van der Waals surface area contributed by atoms with Gasteiger partial charge in [0.1, 0.15) is 0 Å². The van der Waals surface area contributed by atoms with E-state index in [-0.39, 0.29) is 18.1 Å². The molecule has 3 nitrogen and oxygen atoms in total. The molecule has 0 saturated carbocycles. The van der Waals surface area contributed by atoms with Crippen molar-refractivity contribution >= 4 is 6.09 Å². The molecule has 1 amide bonds. The number of methoxy groups -OCH3 is 1. The number of amides is 1. The van der Waals surface area contributed by atoms with Gasteiger partial charge in [-0.2, -0.15) is 0 Å². The van der Waals surface area contributed by atoms with Crippen molar-refractivity contribution in [2.45, 2.75) is 31.8 Å². The van der Waals surface area contributed by atoms with E-state index in [1.807, 2.05) is 11.0 Å². The van der Waals surface area contributed by atoms with E-state index in [0.29, 0.717) is 6.54 Å². The first-order valence-electron chi connectivity index (χ1n) is 7.71. The van der Waals surface area contributed by atoms with Crippen LogP contribution in [0.25, 0.3) is 0 Å². The summed E-state index contributed by atoms with van der Waals surface area (Å²) in [6.45, 7) is 2.80. The average molecular weight is 293 g/mol. The van der Waals surface area contributed by atoms with Crippen molar-refractivity contribution in [3.63, 3.8) is 0 Å². The van der Waals surface area contributed by atoms with Gasteiger partial charge in [0.2, 0.25) is 0 Å². The lowest BCUT2D eigenvalue weighted by molar-refractivity contribution is 0.0942. The Balaban J connectivity index is 1.91. The Morgan fingerprint density at radius 2 is 1.91 bits per heavy atom. The second kappa shape index (κ2) is 4.87. The lowest BCUT2D eigenvalue weighted by atomic mass is 9.82. The van der Waals surface area contributed by atoms with Crippen LogP contribution in [0.1, 0.15) is 33.7 Å². The molecule has 4 rings (SSSR count). The normalized spacial score (nSPS) is 21.8. The molecule has 2 aromatic carbocycles. The molecule has 0 saturated heterocycles. The molecular formula is C19H19NO2. The summed E-state index contributed by atoms with van der Waals surface area (Å²) in [6.07, 6.45) is 0.681. The molecule has 0 aromatic heterocycles. The Kier molecular flexibility index (Phi) is 2.96. The summed E-state index contributed by atoms with van der Waals surface area (Å²) in [5.74, 6) is 0.264. The molecule has 0 N–H and O–H groups in total. The predicted molar refractivity (Wildman–Crippen MR) is 84.9 cm³/mol. The fourth-order valence-corrected chi connectivity index (χ4v) is 4.15. The van der Waals surface area contributed by atoms with Crippen molar-refractivity contribution in [1.82, 2.24) is 4.90 Å². The fourth-order valence-electron chi connectivity index (χ4n) is 4.15. The van der Waals surface area contributed by atoms with Crippen LogP contribution < -0.4 is 0 Å². The number of hydrogen-bond acceptors (Lipinski definition) is 2. The van der Waals surface area contributed by atoms with Gasteiger partial charge in [0, 0.05) is 12.5 Å². The molecule has 2 aromatic rings. The number of carbonyl (C=O) groups excluding carboxylic acids is 1. The van der Waals surface area contributed by atoms with Gasteiger partial charge in [0.05, 0.1) is 13.2 Å². The standard InChI is InChI=1S/C19H19NO2/c1-12-6-5-8-13-10-16-18(17(12)13)15-9-4-3-7-14(15)11-20(16)19(21)22-2/h3-9,16,18H,10-11H2,1-2H3/t16-,18-/m0/s1. The van der Waals surface area contributed by atoms with E-state index in [4.69, 9.17) is 4.74 Å². The highest BCUT2D eigenvalue weighted by atomic mass is 16.5. The minimum absolute atomic E-state index is 0.165. The second-order valence-electron chi connectivity index (χ2n) is 6.19. The molecule has 0 fully saturated rings. The Hall–Kier alpha value is -2.29. The SMILES string of the molecule is COC(=O)N1Cc2ccccc2[C@@H]2c3c(C)cccc3C[C@@H]21. The average Bonchev–Trinajstić information content (AvgIpc) is 2.94. The summed E-state index contributed by atoms with van der Waals surface area (Å²) in [5.41, 5.74) is 6.66. The number of benzene rings is 2. The number of hydrogen-bond donors (Lipinski definition) is 0. The number of carbonyl (C=O) groups is 1. The summed E-state index contributed by atoms with van der Waals surface area (Å²) < 4.78 is 5.03. The van der Waals surface area contributed by atoms with Gasteiger partial charge in [-0.3, -0.25) is 4.90 Å². The van der Waals surface area contributed by atoms with E-state index in [9.17, 15) is 4.79 Å². The van der Waals surface area contributed by atoms with Crippen molar-refractivity contribution in [3.05, 3.63) is 70.3 Å². The Bertz CT molecular complexity index is 753. The first-order chi connectivity index (χ1) is 10.7. The molecule has 0 bridgehead atoms. The highest BCUT2D eigenvalue weighted by molar-refractivity contribution is 5.70. The second-order valence-corrected chi connectivity index (χ2v) is 6.19. The largest absolute Gasteiger partial charge is 0.453 e. The molecule has 2 atom stereocenters. The van der Waals surface area contributed by atoms with E-state index in [2.05, 4.69) is 43.3 Å². The van der Waals surface area contributed by atoms with Crippen LogP contribution in [0.2, 0.25) is 0 Å². The minimum Gasteiger partial charge on any atom is -0.453 e. The third-order valence-corrected chi connectivity index (χ3v) is 5.08. The Morgan fingerprint density at radius 1 is 1.14 bits per heavy atom. The predicted octanol–water partition coefficient (Wildman–Crippen LogP) is 3.63. The molecule has 2 aliphatic rings. The van der Waals surface area contributed by atoms with Crippen LogP contribution in [-0.2, 0) is 17.7 Å². The number of rotatable bonds is 0. The van der Waals surface area contributed by atoms with Crippen molar-refractivity contribution in [3.8, 4) is 0 Å². The zero-order valence-electron chi connectivity index (χ0n) is 12.9. The van der Waals surface area contributed by atoms with Gasteiger partial charge in [-0.25, -0.2) is 4.79 Å². The monoisotopic (exact) mass is 293 g/mol. The van der Waals surface area contributed by atoms with Crippen LogP contribution >= 0.6 is 0 Å². The smallest absolute Gasteiger partial charge is 0.410 e. The third kappa shape index (κ3) is 1.78. The number of aryl methyl sites for hydroxylation is 1. The molecule has 3 heteroatoms. The fraction of sp³-hybridized carbons (Fsp3) is 0.316. The van der Waals surface area contributed by atoms with Gasteiger partial charge in [-0.15, -0.1) is 0 Å². The zero-order valence-corrected chi connectivity index (χ0v) is 12.9. The third-order valence-electron chi connectivity index (χ3n) is 5.08. The van der Waals surface area contributed by atoms with Gasteiger partial charge in [0.25, 0.3) is 0 Å². The maximum Gasteiger partial charge on any atom is 0.410 e.